The molecule has 0 aromatic heterocycles. The smallest absolute Gasteiger partial charge is 0.404 e. The van der Waals surface area contributed by atoms with Gasteiger partial charge >= 0.3 is 6.36 Å². The highest BCUT2D eigenvalue weighted by molar-refractivity contribution is 6.32. The lowest BCUT2D eigenvalue weighted by molar-refractivity contribution is -0.274. The number of hydrogen-bond donors (Lipinski definition) is 1. The van der Waals surface area contributed by atoms with Crippen molar-refractivity contribution < 1.29 is 17.9 Å². The molecule has 1 aromatic carbocycles. The molecule has 1 aromatic rings. The van der Waals surface area contributed by atoms with Gasteiger partial charge in [-0.2, -0.15) is 0 Å². The van der Waals surface area contributed by atoms with E-state index in [0.717, 1.165) is 6.07 Å². The molecule has 1 rings (SSSR count). The van der Waals surface area contributed by atoms with Crippen LogP contribution in [-0.4, -0.2) is 12.9 Å². The van der Waals surface area contributed by atoms with E-state index in [1.807, 2.05) is 0 Å². The maximum Gasteiger partial charge on any atom is 0.573 e. The molecule has 16 heavy (non-hydrogen) atoms. The SMILES string of the molecule is NC/C=C/c1ccc(OC(F)(F)F)c(Cl)c1. The van der Waals surface area contributed by atoms with Crippen LogP contribution in [0.25, 0.3) is 6.08 Å². The molecule has 0 radical (unpaired) electrons. The van der Waals surface area contributed by atoms with Gasteiger partial charge in [-0.15, -0.1) is 13.2 Å². The fourth-order valence-corrected chi connectivity index (χ4v) is 1.26. The van der Waals surface area contributed by atoms with Crippen LogP contribution in [0, 0.1) is 0 Å². The second-order valence-corrected chi connectivity index (χ2v) is 3.28. The topological polar surface area (TPSA) is 35.2 Å². The van der Waals surface area contributed by atoms with Crippen molar-refractivity contribution in [1.82, 2.24) is 0 Å². The highest BCUT2D eigenvalue weighted by Crippen LogP contribution is 2.30. The van der Waals surface area contributed by atoms with Crippen LogP contribution in [0.4, 0.5) is 13.2 Å². The second kappa shape index (κ2) is 5.23. The second-order valence-electron chi connectivity index (χ2n) is 2.88. The number of nitrogens with two attached hydrogens (primary N) is 1. The predicted molar refractivity (Wildman–Crippen MR) is 56.2 cm³/mol. The lowest BCUT2D eigenvalue weighted by Crippen LogP contribution is -2.17. The Labute approximate surface area is 95.5 Å². The summed E-state index contributed by atoms with van der Waals surface area (Å²) in [5.41, 5.74) is 5.89. The number of halogens is 4. The molecule has 0 saturated heterocycles. The van der Waals surface area contributed by atoms with Crippen molar-refractivity contribution in [2.45, 2.75) is 6.36 Å². The Hall–Kier alpha value is -1.20. The van der Waals surface area contributed by atoms with E-state index in [-0.39, 0.29) is 5.02 Å². The third-order valence-corrected chi connectivity index (χ3v) is 1.92. The molecular weight excluding hydrogens is 243 g/mol. The van der Waals surface area contributed by atoms with Crippen LogP contribution in [0.1, 0.15) is 5.56 Å². The fourth-order valence-electron chi connectivity index (χ4n) is 1.03. The first-order valence-electron chi connectivity index (χ1n) is 4.34. The summed E-state index contributed by atoms with van der Waals surface area (Å²) in [6.07, 6.45) is -1.42. The number of alkyl halides is 3. The summed E-state index contributed by atoms with van der Waals surface area (Å²) >= 11 is 5.62. The molecule has 0 aliphatic rings. The minimum absolute atomic E-state index is 0.100. The zero-order valence-electron chi connectivity index (χ0n) is 8.09. The molecule has 0 spiro atoms. The summed E-state index contributed by atoms with van der Waals surface area (Å²) < 4.78 is 39.5. The minimum atomic E-state index is -4.74. The van der Waals surface area contributed by atoms with Crippen molar-refractivity contribution in [2.24, 2.45) is 5.73 Å². The largest absolute Gasteiger partial charge is 0.573 e. The van der Waals surface area contributed by atoms with Crippen molar-refractivity contribution in [2.75, 3.05) is 6.54 Å². The molecule has 2 nitrogen and oxygen atoms in total. The molecule has 0 unspecified atom stereocenters. The maximum atomic E-state index is 11.9. The highest BCUT2D eigenvalue weighted by atomic mass is 35.5. The number of hydrogen-bond acceptors (Lipinski definition) is 2. The van der Waals surface area contributed by atoms with Crippen LogP contribution in [0.3, 0.4) is 0 Å². The fraction of sp³-hybridized carbons (Fsp3) is 0.200. The Bertz CT molecular complexity index is 390. The third kappa shape index (κ3) is 4.12. The van der Waals surface area contributed by atoms with E-state index < -0.39 is 12.1 Å². The van der Waals surface area contributed by atoms with E-state index in [1.165, 1.54) is 12.1 Å². The van der Waals surface area contributed by atoms with Crippen molar-refractivity contribution in [3.63, 3.8) is 0 Å². The number of rotatable bonds is 3. The predicted octanol–water partition coefficient (Wildman–Crippen LogP) is 3.21. The van der Waals surface area contributed by atoms with Crippen LogP contribution >= 0.6 is 11.6 Å². The van der Waals surface area contributed by atoms with Gasteiger partial charge in [-0.25, -0.2) is 0 Å². The third-order valence-electron chi connectivity index (χ3n) is 1.63. The first-order chi connectivity index (χ1) is 7.42. The van der Waals surface area contributed by atoms with Gasteiger partial charge in [0.05, 0.1) is 5.02 Å². The molecule has 0 fully saturated rings. The molecule has 0 heterocycles. The Balaban J connectivity index is 2.87. The summed E-state index contributed by atoms with van der Waals surface area (Å²) in [4.78, 5) is 0. The van der Waals surface area contributed by atoms with Gasteiger partial charge < -0.3 is 10.5 Å². The van der Waals surface area contributed by atoms with Crippen LogP contribution in [0.15, 0.2) is 24.3 Å². The van der Waals surface area contributed by atoms with Crippen LogP contribution in [-0.2, 0) is 0 Å². The number of ether oxygens (including phenoxy) is 1. The van der Waals surface area contributed by atoms with Gasteiger partial charge in [0, 0.05) is 6.54 Å². The van der Waals surface area contributed by atoms with Gasteiger partial charge in [0.15, 0.2) is 0 Å². The summed E-state index contributed by atoms with van der Waals surface area (Å²) in [6, 6.07) is 3.99. The molecule has 0 aliphatic carbocycles. The van der Waals surface area contributed by atoms with Gasteiger partial charge in [-0.1, -0.05) is 29.8 Å². The van der Waals surface area contributed by atoms with E-state index in [2.05, 4.69) is 4.74 Å². The quantitative estimate of drug-likeness (QED) is 0.895. The van der Waals surface area contributed by atoms with Crippen molar-refractivity contribution in [3.8, 4) is 5.75 Å². The summed E-state index contributed by atoms with van der Waals surface area (Å²) in [7, 11) is 0. The average Bonchev–Trinajstić information content (AvgIpc) is 2.17. The molecule has 0 saturated carbocycles. The van der Waals surface area contributed by atoms with Crippen LogP contribution in [0.2, 0.25) is 5.02 Å². The monoisotopic (exact) mass is 251 g/mol. The summed E-state index contributed by atoms with van der Waals surface area (Å²) in [6.45, 7) is 0.346. The van der Waals surface area contributed by atoms with Gasteiger partial charge in [-0.05, 0) is 17.7 Å². The van der Waals surface area contributed by atoms with Crippen molar-refractivity contribution in [3.05, 3.63) is 34.9 Å². The van der Waals surface area contributed by atoms with Gasteiger partial charge in [-0.3, -0.25) is 0 Å². The molecule has 0 atom stereocenters. The normalized spacial score (nSPS) is 12.1. The Morgan fingerprint density at radius 2 is 2.06 bits per heavy atom. The molecule has 88 valence electrons. The zero-order chi connectivity index (χ0) is 12.2. The maximum absolute atomic E-state index is 11.9. The van der Waals surface area contributed by atoms with Crippen molar-refractivity contribution >= 4 is 17.7 Å². The summed E-state index contributed by atoms with van der Waals surface area (Å²) in [5.74, 6) is -0.418. The van der Waals surface area contributed by atoms with Gasteiger partial charge in [0.25, 0.3) is 0 Å². The zero-order valence-corrected chi connectivity index (χ0v) is 8.85. The molecule has 6 heteroatoms. The lowest BCUT2D eigenvalue weighted by atomic mass is 10.2. The molecule has 0 amide bonds. The first-order valence-corrected chi connectivity index (χ1v) is 4.72. The molecular formula is C10H9ClF3NO. The van der Waals surface area contributed by atoms with Crippen molar-refractivity contribution in [1.29, 1.82) is 0 Å². The number of benzene rings is 1. The molecule has 0 bridgehead atoms. The molecule has 0 aliphatic heterocycles. The van der Waals surface area contributed by atoms with E-state index in [4.69, 9.17) is 17.3 Å². The van der Waals surface area contributed by atoms with Gasteiger partial charge in [0.1, 0.15) is 5.75 Å². The van der Waals surface area contributed by atoms with Crippen LogP contribution < -0.4 is 10.5 Å². The Morgan fingerprint density at radius 3 is 2.56 bits per heavy atom. The standard InChI is InChI=1S/C10H9ClF3NO/c11-8-6-7(2-1-5-15)3-4-9(8)16-10(12,13)14/h1-4,6H,5,15H2/b2-1+. The lowest BCUT2D eigenvalue weighted by Gasteiger charge is -2.10. The Morgan fingerprint density at radius 1 is 1.38 bits per heavy atom. The molecule has 2 N–H and O–H groups in total. The Kier molecular flexibility index (Phi) is 4.20. The van der Waals surface area contributed by atoms with Gasteiger partial charge in [0.2, 0.25) is 0 Å². The van der Waals surface area contributed by atoms with E-state index in [1.54, 1.807) is 12.2 Å². The van der Waals surface area contributed by atoms with E-state index >= 15 is 0 Å². The summed E-state index contributed by atoms with van der Waals surface area (Å²) in [5, 5.41) is -0.100. The van der Waals surface area contributed by atoms with E-state index in [0.29, 0.717) is 12.1 Å². The van der Waals surface area contributed by atoms with E-state index in [9.17, 15) is 13.2 Å². The average molecular weight is 252 g/mol. The first kappa shape index (κ1) is 12.9. The van der Waals surface area contributed by atoms with Crippen LogP contribution in [0.5, 0.6) is 5.75 Å². The minimum Gasteiger partial charge on any atom is -0.404 e. The highest BCUT2D eigenvalue weighted by Gasteiger charge is 2.31.